The van der Waals surface area contributed by atoms with E-state index in [1.54, 1.807) is 24.1 Å². The van der Waals surface area contributed by atoms with E-state index in [-0.39, 0.29) is 29.6 Å². The molecular formula is C19H26N4O5. The van der Waals surface area contributed by atoms with Crippen molar-refractivity contribution in [2.24, 2.45) is 5.41 Å². The molecule has 2 amide bonds. The third kappa shape index (κ3) is 4.24. The molecule has 0 N–H and O–H groups in total. The van der Waals surface area contributed by atoms with Crippen LogP contribution in [0.15, 0.2) is 24.3 Å². The number of likely N-dealkylation sites (tertiary alicyclic amines) is 2. The van der Waals surface area contributed by atoms with Crippen molar-refractivity contribution in [2.75, 3.05) is 44.7 Å². The fourth-order valence-corrected chi connectivity index (χ4v) is 3.67. The van der Waals surface area contributed by atoms with Crippen LogP contribution < -0.4 is 4.90 Å². The minimum absolute atomic E-state index is 0.00573. The number of hydrogen-bond acceptors (Lipinski definition) is 6. The van der Waals surface area contributed by atoms with Crippen LogP contribution >= 0.6 is 0 Å². The summed E-state index contributed by atoms with van der Waals surface area (Å²) in [7, 11) is 1.66. The van der Waals surface area contributed by atoms with E-state index in [1.165, 1.54) is 17.0 Å². The first-order chi connectivity index (χ1) is 13.0. The van der Waals surface area contributed by atoms with Crippen LogP contribution in [0, 0.1) is 15.5 Å². The molecule has 0 unspecified atom stereocenters. The quantitative estimate of drug-likeness (QED) is 0.577. The van der Waals surface area contributed by atoms with Gasteiger partial charge in [0.25, 0.3) is 5.69 Å². The van der Waals surface area contributed by atoms with Crippen LogP contribution in [0.25, 0.3) is 0 Å². The third-order valence-electron chi connectivity index (χ3n) is 5.00. The molecular weight excluding hydrogens is 364 g/mol. The van der Waals surface area contributed by atoms with Gasteiger partial charge in [-0.3, -0.25) is 19.8 Å². The van der Waals surface area contributed by atoms with E-state index in [1.807, 2.05) is 20.8 Å². The number of nitro benzene ring substituents is 1. The van der Waals surface area contributed by atoms with Crippen LogP contribution in [0.1, 0.15) is 20.8 Å². The summed E-state index contributed by atoms with van der Waals surface area (Å²) < 4.78 is 5.37. The maximum atomic E-state index is 12.5. The zero-order chi connectivity index (χ0) is 20.7. The summed E-state index contributed by atoms with van der Waals surface area (Å²) in [6.45, 7) is 8.67. The number of rotatable bonds is 4. The van der Waals surface area contributed by atoms with Crippen LogP contribution in [0.2, 0.25) is 0 Å². The number of hydrogen-bond donors (Lipinski definition) is 0. The predicted octanol–water partition coefficient (Wildman–Crippen LogP) is 2.11. The molecule has 9 heteroatoms. The standard InChI is InChI=1S/C19H26N4O5/c1-18(2,3)28-17(25)22-12-19(13-22)10-21(11-19)9-16(24)20(4)14-5-7-15(8-6-14)23(26)27/h5-8H,9-13H2,1-4H3. The Balaban J connectivity index is 1.44. The van der Waals surface area contributed by atoms with Gasteiger partial charge < -0.3 is 14.5 Å². The second-order valence-corrected chi connectivity index (χ2v) is 8.71. The van der Waals surface area contributed by atoms with Gasteiger partial charge in [-0.2, -0.15) is 0 Å². The van der Waals surface area contributed by atoms with Crippen molar-refractivity contribution in [3.8, 4) is 0 Å². The first kappa shape index (κ1) is 20.1. The molecule has 2 saturated heterocycles. The summed E-state index contributed by atoms with van der Waals surface area (Å²) in [6, 6.07) is 5.91. The van der Waals surface area contributed by atoms with Crippen LogP contribution in [0.3, 0.4) is 0 Å². The molecule has 2 fully saturated rings. The second-order valence-electron chi connectivity index (χ2n) is 8.71. The molecule has 0 aliphatic carbocycles. The lowest BCUT2D eigenvalue weighted by Crippen LogP contribution is -2.73. The highest BCUT2D eigenvalue weighted by Crippen LogP contribution is 2.40. The Bertz CT molecular complexity index is 773. The summed E-state index contributed by atoms with van der Waals surface area (Å²) in [6.07, 6.45) is -0.287. The van der Waals surface area contributed by atoms with E-state index in [9.17, 15) is 19.7 Å². The molecule has 1 aromatic rings. The van der Waals surface area contributed by atoms with E-state index >= 15 is 0 Å². The van der Waals surface area contributed by atoms with Gasteiger partial charge >= 0.3 is 6.09 Å². The Morgan fingerprint density at radius 2 is 1.75 bits per heavy atom. The normalized spacial score (nSPS) is 18.2. The van der Waals surface area contributed by atoms with Crippen LogP contribution in [-0.4, -0.2) is 72.1 Å². The number of anilines is 1. The largest absolute Gasteiger partial charge is 0.444 e. The van der Waals surface area contributed by atoms with Gasteiger partial charge in [-0.1, -0.05) is 0 Å². The maximum Gasteiger partial charge on any atom is 0.410 e. The van der Waals surface area contributed by atoms with Crippen LogP contribution in [0.5, 0.6) is 0 Å². The average molecular weight is 390 g/mol. The molecule has 2 aliphatic rings. The Morgan fingerprint density at radius 3 is 2.25 bits per heavy atom. The number of benzene rings is 1. The summed E-state index contributed by atoms with van der Waals surface area (Å²) in [5.74, 6) is -0.0768. The van der Waals surface area contributed by atoms with Crippen molar-refractivity contribution < 1.29 is 19.2 Å². The highest BCUT2D eigenvalue weighted by molar-refractivity contribution is 5.94. The smallest absolute Gasteiger partial charge is 0.410 e. The van der Waals surface area contributed by atoms with E-state index in [0.717, 1.165) is 13.1 Å². The molecule has 0 bridgehead atoms. The molecule has 1 spiro atoms. The second kappa shape index (κ2) is 7.05. The zero-order valence-electron chi connectivity index (χ0n) is 16.7. The number of non-ortho nitro benzene ring substituents is 1. The SMILES string of the molecule is CN(C(=O)CN1CC2(C1)CN(C(=O)OC(C)(C)C)C2)c1ccc([N+](=O)[O-])cc1. The van der Waals surface area contributed by atoms with E-state index < -0.39 is 10.5 Å². The van der Waals surface area contributed by atoms with Gasteiger partial charge in [0.1, 0.15) is 5.60 Å². The molecule has 0 atom stereocenters. The summed E-state index contributed by atoms with van der Waals surface area (Å²) in [5.41, 5.74) is 0.183. The molecule has 2 heterocycles. The highest BCUT2D eigenvalue weighted by Gasteiger charge is 2.54. The molecule has 2 aliphatic heterocycles. The fourth-order valence-electron chi connectivity index (χ4n) is 3.67. The number of carbonyl (C=O) groups excluding carboxylic acids is 2. The van der Waals surface area contributed by atoms with E-state index in [0.29, 0.717) is 18.8 Å². The highest BCUT2D eigenvalue weighted by atomic mass is 16.6. The van der Waals surface area contributed by atoms with Gasteiger partial charge in [-0.05, 0) is 32.9 Å². The lowest BCUT2D eigenvalue weighted by atomic mass is 9.73. The number of carbonyl (C=O) groups is 2. The van der Waals surface area contributed by atoms with Gasteiger partial charge in [0.05, 0.1) is 11.5 Å². The summed E-state index contributed by atoms with van der Waals surface area (Å²) in [4.78, 5) is 40.0. The first-order valence-corrected chi connectivity index (χ1v) is 9.19. The Morgan fingerprint density at radius 1 is 1.18 bits per heavy atom. The first-order valence-electron chi connectivity index (χ1n) is 9.19. The van der Waals surface area contributed by atoms with Crippen molar-refractivity contribution in [3.05, 3.63) is 34.4 Å². The number of amides is 2. The van der Waals surface area contributed by atoms with Gasteiger partial charge in [0, 0.05) is 56.5 Å². The summed E-state index contributed by atoms with van der Waals surface area (Å²) in [5, 5.41) is 10.7. The Kier molecular flexibility index (Phi) is 5.05. The van der Waals surface area contributed by atoms with Crippen molar-refractivity contribution in [2.45, 2.75) is 26.4 Å². The zero-order valence-corrected chi connectivity index (χ0v) is 16.7. The van der Waals surface area contributed by atoms with Crippen LogP contribution in [0.4, 0.5) is 16.2 Å². The minimum atomic E-state index is -0.500. The molecule has 0 aromatic heterocycles. The number of ether oxygens (including phenoxy) is 1. The molecule has 152 valence electrons. The lowest BCUT2D eigenvalue weighted by Gasteiger charge is -2.59. The van der Waals surface area contributed by atoms with Gasteiger partial charge in [-0.15, -0.1) is 0 Å². The van der Waals surface area contributed by atoms with Crippen molar-refractivity contribution in [1.29, 1.82) is 0 Å². The third-order valence-corrected chi connectivity index (χ3v) is 5.00. The molecule has 1 aromatic carbocycles. The molecule has 0 radical (unpaired) electrons. The van der Waals surface area contributed by atoms with Gasteiger partial charge in [0.15, 0.2) is 0 Å². The summed E-state index contributed by atoms with van der Waals surface area (Å²) >= 11 is 0. The fraction of sp³-hybridized carbons (Fsp3) is 0.579. The number of nitrogens with zero attached hydrogens (tertiary/aromatic N) is 4. The Labute approximate surface area is 164 Å². The lowest BCUT2D eigenvalue weighted by molar-refractivity contribution is -0.384. The Hall–Kier alpha value is -2.68. The molecule has 3 rings (SSSR count). The average Bonchev–Trinajstić information content (AvgIpc) is 2.53. The maximum absolute atomic E-state index is 12.5. The monoisotopic (exact) mass is 390 g/mol. The van der Waals surface area contributed by atoms with Crippen molar-refractivity contribution >= 4 is 23.4 Å². The minimum Gasteiger partial charge on any atom is -0.444 e. The van der Waals surface area contributed by atoms with Crippen molar-refractivity contribution in [3.63, 3.8) is 0 Å². The van der Waals surface area contributed by atoms with Crippen LogP contribution in [-0.2, 0) is 9.53 Å². The van der Waals surface area contributed by atoms with Gasteiger partial charge in [0.2, 0.25) is 5.91 Å². The van der Waals surface area contributed by atoms with Crippen molar-refractivity contribution in [1.82, 2.24) is 9.80 Å². The molecule has 28 heavy (non-hydrogen) atoms. The topological polar surface area (TPSA) is 96.2 Å². The number of likely N-dealkylation sites (N-methyl/N-ethyl adjacent to an activating group) is 1. The van der Waals surface area contributed by atoms with E-state index in [4.69, 9.17) is 4.74 Å². The number of nitro groups is 1. The molecule has 9 nitrogen and oxygen atoms in total. The van der Waals surface area contributed by atoms with E-state index in [2.05, 4.69) is 4.90 Å². The van der Waals surface area contributed by atoms with Gasteiger partial charge in [-0.25, -0.2) is 4.79 Å². The predicted molar refractivity (Wildman–Crippen MR) is 103 cm³/mol. The molecule has 0 saturated carbocycles.